The van der Waals surface area contributed by atoms with Crippen LogP contribution in [0.25, 0.3) is 0 Å². The van der Waals surface area contributed by atoms with Gasteiger partial charge in [0.05, 0.1) is 5.03 Å². The molecule has 0 heterocycles. The lowest BCUT2D eigenvalue weighted by molar-refractivity contribution is 1.08. The molecule has 0 aliphatic rings. The van der Waals surface area contributed by atoms with E-state index in [1.54, 1.807) is 11.8 Å². The van der Waals surface area contributed by atoms with E-state index in [1.165, 1.54) is 5.57 Å². The van der Waals surface area contributed by atoms with Gasteiger partial charge < -0.3 is 5.32 Å². The Hall–Kier alpha value is -0.630. The summed E-state index contributed by atoms with van der Waals surface area (Å²) in [6.07, 6.45) is 6.19. The smallest absolute Gasteiger partial charge is 0.0676 e. The standard InChI is InChI=1S/C10H17NS/c1-8(2)9(3)6-7-10(11-4)12-5/h6-7,11H,1H2,2-5H3/b9-6+,10-7+. The van der Waals surface area contributed by atoms with E-state index < -0.39 is 0 Å². The van der Waals surface area contributed by atoms with Crippen molar-refractivity contribution in [2.75, 3.05) is 13.3 Å². The summed E-state index contributed by atoms with van der Waals surface area (Å²) < 4.78 is 0. The van der Waals surface area contributed by atoms with Gasteiger partial charge in [-0.3, -0.25) is 0 Å². The maximum absolute atomic E-state index is 3.86. The van der Waals surface area contributed by atoms with Crippen molar-refractivity contribution in [2.24, 2.45) is 0 Å². The van der Waals surface area contributed by atoms with Gasteiger partial charge in [-0.15, -0.1) is 11.8 Å². The fourth-order valence-electron chi connectivity index (χ4n) is 0.596. The minimum absolute atomic E-state index is 1.11. The summed E-state index contributed by atoms with van der Waals surface area (Å²) >= 11 is 1.70. The van der Waals surface area contributed by atoms with E-state index in [9.17, 15) is 0 Å². The van der Waals surface area contributed by atoms with Crippen LogP contribution in [0.2, 0.25) is 0 Å². The number of allylic oxidation sites excluding steroid dienone is 4. The van der Waals surface area contributed by atoms with Crippen LogP contribution in [0, 0.1) is 0 Å². The van der Waals surface area contributed by atoms with Crippen LogP contribution in [0.4, 0.5) is 0 Å². The van der Waals surface area contributed by atoms with Crippen LogP contribution in [-0.4, -0.2) is 13.3 Å². The summed E-state index contributed by atoms with van der Waals surface area (Å²) in [5, 5.41) is 4.26. The molecule has 68 valence electrons. The lowest BCUT2D eigenvalue weighted by Crippen LogP contribution is -2.00. The van der Waals surface area contributed by atoms with Crippen molar-refractivity contribution in [3.05, 3.63) is 34.9 Å². The number of hydrogen-bond acceptors (Lipinski definition) is 2. The second kappa shape index (κ2) is 5.95. The second-order valence-electron chi connectivity index (χ2n) is 2.62. The number of nitrogens with one attached hydrogen (secondary N) is 1. The molecule has 0 aliphatic carbocycles. The molecule has 0 aromatic heterocycles. The quantitative estimate of drug-likeness (QED) is 0.673. The molecular formula is C10H17NS. The highest BCUT2D eigenvalue weighted by atomic mass is 32.2. The first-order valence-corrected chi connectivity index (χ1v) is 5.10. The van der Waals surface area contributed by atoms with Crippen LogP contribution in [-0.2, 0) is 0 Å². The highest BCUT2D eigenvalue weighted by molar-refractivity contribution is 8.02. The number of thioether (sulfide) groups is 1. The van der Waals surface area contributed by atoms with E-state index in [2.05, 4.69) is 31.0 Å². The van der Waals surface area contributed by atoms with Gasteiger partial charge in [-0.05, 0) is 31.8 Å². The summed E-state index contributed by atoms with van der Waals surface area (Å²) in [5.41, 5.74) is 2.33. The molecular weight excluding hydrogens is 166 g/mol. The average molecular weight is 183 g/mol. The third kappa shape index (κ3) is 4.29. The third-order valence-electron chi connectivity index (χ3n) is 1.62. The number of hydrogen-bond donors (Lipinski definition) is 1. The van der Waals surface area contributed by atoms with Crippen molar-refractivity contribution < 1.29 is 0 Å². The lowest BCUT2D eigenvalue weighted by Gasteiger charge is -2.00. The highest BCUT2D eigenvalue weighted by Crippen LogP contribution is 2.10. The van der Waals surface area contributed by atoms with Gasteiger partial charge in [0.15, 0.2) is 0 Å². The Morgan fingerprint density at radius 1 is 1.33 bits per heavy atom. The third-order valence-corrected chi connectivity index (χ3v) is 2.40. The van der Waals surface area contributed by atoms with Gasteiger partial charge in [0.25, 0.3) is 0 Å². The molecule has 0 bridgehead atoms. The van der Waals surface area contributed by atoms with E-state index in [1.807, 2.05) is 20.2 Å². The molecule has 0 saturated heterocycles. The first kappa shape index (κ1) is 11.4. The summed E-state index contributed by atoms with van der Waals surface area (Å²) in [7, 11) is 1.92. The van der Waals surface area contributed by atoms with Gasteiger partial charge in [-0.25, -0.2) is 0 Å². The van der Waals surface area contributed by atoms with Crippen LogP contribution < -0.4 is 5.32 Å². The zero-order valence-corrected chi connectivity index (χ0v) is 9.09. The minimum atomic E-state index is 1.11. The van der Waals surface area contributed by atoms with E-state index in [0.717, 1.165) is 10.6 Å². The Bertz CT molecular complexity index is 208. The van der Waals surface area contributed by atoms with E-state index in [-0.39, 0.29) is 0 Å². The van der Waals surface area contributed by atoms with E-state index in [4.69, 9.17) is 0 Å². The van der Waals surface area contributed by atoms with E-state index >= 15 is 0 Å². The van der Waals surface area contributed by atoms with Crippen LogP contribution >= 0.6 is 11.8 Å². The first-order chi connectivity index (χ1) is 5.61. The van der Waals surface area contributed by atoms with Crippen molar-refractivity contribution >= 4 is 11.8 Å². The zero-order valence-electron chi connectivity index (χ0n) is 8.27. The zero-order chi connectivity index (χ0) is 9.56. The average Bonchev–Trinajstić information content (AvgIpc) is 2.05. The lowest BCUT2D eigenvalue weighted by atomic mass is 10.1. The first-order valence-electron chi connectivity index (χ1n) is 3.88. The SMILES string of the molecule is C=C(C)/C(C)=C/C=C(\NC)SC. The molecule has 0 aromatic rings. The molecule has 0 unspecified atom stereocenters. The van der Waals surface area contributed by atoms with Crippen molar-refractivity contribution in [1.29, 1.82) is 0 Å². The molecule has 0 saturated carbocycles. The summed E-state index contributed by atoms with van der Waals surface area (Å²) in [5.74, 6) is 0. The Morgan fingerprint density at radius 2 is 1.92 bits per heavy atom. The Kier molecular flexibility index (Phi) is 5.64. The Morgan fingerprint density at radius 3 is 2.25 bits per heavy atom. The highest BCUT2D eigenvalue weighted by Gasteiger charge is 1.88. The predicted molar refractivity (Wildman–Crippen MR) is 59.2 cm³/mol. The van der Waals surface area contributed by atoms with Crippen LogP contribution in [0.15, 0.2) is 34.9 Å². The molecule has 0 atom stereocenters. The maximum Gasteiger partial charge on any atom is 0.0676 e. The predicted octanol–water partition coefficient (Wildman–Crippen LogP) is 2.93. The van der Waals surface area contributed by atoms with Crippen molar-refractivity contribution in [3.63, 3.8) is 0 Å². The maximum atomic E-state index is 3.86. The fraction of sp³-hybridized carbons (Fsp3) is 0.400. The van der Waals surface area contributed by atoms with Crippen LogP contribution in [0.5, 0.6) is 0 Å². The van der Waals surface area contributed by atoms with Gasteiger partial charge >= 0.3 is 0 Å². The summed E-state index contributed by atoms with van der Waals surface area (Å²) in [6, 6.07) is 0. The Labute approximate surface area is 79.6 Å². The summed E-state index contributed by atoms with van der Waals surface area (Å²) in [4.78, 5) is 0. The summed E-state index contributed by atoms with van der Waals surface area (Å²) in [6.45, 7) is 7.93. The molecule has 1 nitrogen and oxygen atoms in total. The topological polar surface area (TPSA) is 12.0 Å². The van der Waals surface area contributed by atoms with Gasteiger partial charge in [0.2, 0.25) is 0 Å². The molecule has 0 aliphatic heterocycles. The fourth-order valence-corrected chi connectivity index (χ4v) is 1.00. The van der Waals surface area contributed by atoms with Gasteiger partial charge in [0, 0.05) is 7.05 Å². The second-order valence-corrected chi connectivity index (χ2v) is 3.46. The Balaban J connectivity index is 4.34. The molecule has 1 N–H and O–H groups in total. The minimum Gasteiger partial charge on any atom is -0.383 e. The molecule has 0 rings (SSSR count). The van der Waals surface area contributed by atoms with Crippen molar-refractivity contribution in [3.8, 4) is 0 Å². The monoisotopic (exact) mass is 183 g/mol. The van der Waals surface area contributed by atoms with Crippen molar-refractivity contribution in [1.82, 2.24) is 5.32 Å². The van der Waals surface area contributed by atoms with E-state index in [0.29, 0.717) is 0 Å². The van der Waals surface area contributed by atoms with Gasteiger partial charge in [0.1, 0.15) is 0 Å². The molecule has 0 aromatic carbocycles. The molecule has 12 heavy (non-hydrogen) atoms. The molecule has 2 heteroatoms. The van der Waals surface area contributed by atoms with Gasteiger partial charge in [-0.2, -0.15) is 0 Å². The molecule has 0 amide bonds. The number of rotatable bonds is 4. The van der Waals surface area contributed by atoms with Crippen molar-refractivity contribution in [2.45, 2.75) is 13.8 Å². The normalized spacial score (nSPS) is 13.0. The largest absolute Gasteiger partial charge is 0.383 e. The molecule has 0 fully saturated rings. The molecule has 0 radical (unpaired) electrons. The molecule has 0 spiro atoms. The van der Waals surface area contributed by atoms with Gasteiger partial charge in [-0.1, -0.05) is 18.2 Å². The van der Waals surface area contributed by atoms with Crippen LogP contribution in [0.1, 0.15) is 13.8 Å². The van der Waals surface area contributed by atoms with Crippen LogP contribution in [0.3, 0.4) is 0 Å².